The Morgan fingerprint density at radius 2 is 1.79 bits per heavy atom. The fraction of sp³-hybridized carbons (Fsp3) is 0.280. The van der Waals surface area contributed by atoms with Crippen LogP contribution in [0.3, 0.4) is 0 Å². The molecule has 0 aliphatic carbocycles. The highest BCUT2D eigenvalue weighted by Crippen LogP contribution is 2.29. The quantitative estimate of drug-likeness (QED) is 0.434. The Hall–Kier alpha value is -4.14. The van der Waals surface area contributed by atoms with Gasteiger partial charge in [0.05, 0.1) is 12.8 Å². The molecular weight excluding hydrogens is 436 g/mol. The van der Waals surface area contributed by atoms with Crippen LogP contribution in [0.1, 0.15) is 34.9 Å². The zero-order valence-electron chi connectivity index (χ0n) is 18.9. The van der Waals surface area contributed by atoms with Crippen LogP contribution in [0.25, 0.3) is 16.7 Å². The maximum Gasteiger partial charge on any atom is 0.350 e. The zero-order valence-corrected chi connectivity index (χ0v) is 18.9. The number of nitrogens with zero attached hydrogens (tertiary/aromatic N) is 4. The number of hydrogen-bond donors (Lipinski definition) is 0. The van der Waals surface area contributed by atoms with E-state index in [0.29, 0.717) is 48.5 Å². The number of likely N-dealkylation sites (tertiary alicyclic amines) is 1. The van der Waals surface area contributed by atoms with E-state index >= 15 is 0 Å². The molecule has 0 radical (unpaired) electrons. The van der Waals surface area contributed by atoms with Gasteiger partial charge in [-0.2, -0.15) is 5.10 Å². The summed E-state index contributed by atoms with van der Waals surface area (Å²) in [5.41, 5.74) is 0.187. The van der Waals surface area contributed by atoms with Crippen LogP contribution in [-0.4, -0.2) is 45.4 Å². The number of methoxy groups -OCH3 is 1. The highest BCUT2D eigenvalue weighted by Gasteiger charge is 2.30. The van der Waals surface area contributed by atoms with Crippen molar-refractivity contribution in [3.63, 3.8) is 0 Å². The fourth-order valence-corrected chi connectivity index (χ4v) is 4.51. The Balaban J connectivity index is 1.38. The van der Waals surface area contributed by atoms with Gasteiger partial charge in [0.25, 0.3) is 5.91 Å². The van der Waals surface area contributed by atoms with E-state index < -0.39 is 5.63 Å². The van der Waals surface area contributed by atoms with Crippen molar-refractivity contribution in [3.05, 3.63) is 86.9 Å². The molecule has 2 aromatic carbocycles. The van der Waals surface area contributed by atoms with Crippen LogP contribution < -0.4 is 16.1 Å². The smallest absolute Gasteiger partial charge is 0.350 e. The number of rotatable bonds is 4. The largest absolute Gasteiger partial charge is 0.493 e. The molecule has 174 valence electrons. The summed E-state index contributed by atoms with van der Waals surface area (Å²) in [6, 6.07) is 16.2. The summed E-state index contributed by atoms with van der Waals surface area (Å²) in [4.78, 5) is 40.1. The van der Waals surface area contributed by atoms with Gasteiger partial charge < -0.3 is 14.1 Å². The second-order valence-corrected chi connectivity index (χ2v) is 8.33. The SMILES string of the molecule is COc1cccc2cc(C(=O)N3CCC(c4nn(C)c(=O)n4-c4ccccc4)CC3)c(=O)oc12. The lowest BCUT2D eigenvalue weighted by molar-refractivity contribution is 0.0706. The number of aryl methyl sites for hydroxylation is 1. The summed E-state index contributed by atoms with van der Waals surface area (Å²) in [5, 5.41) is 5.11. The summed E-state index contributed by atoms with van der Waals surface area (Å²) in [7, 11) is 3.13. The summed E-state index contributed by atoms with van der Waals surface area (Å²) < 4.78 is 13.6. The molecule has 34 heavy (non-hydrogen) atoms. The molecule has 1 fully saturated rings. The Bertz CT molecular complexity index is 1480. The van der Waals surface area contributed by atoms with Crippen LogP contribution >= 0.6 is 0 Å². The van der Waals surface area contributed by atoms with Gasteiger partial charge in [-0.05, 0) is 37.1 Å². The molecule has 0 bridgehead atoms. The fourth-order valence-electron chi connectivity index (χ4n) is 4.51. The van der Waals surface area contributed by atoms with Crippen molar-refractivity contribution in [1.82, 2.24) is 19.2 Å². The average molecular weight is 460 g/mol. The highest BCUT2D eigenvalue weighted by atomic mass is 16.5. The summed E-state index contributed by atoms with van der Waals surface area (Å²) >= 11 is 0. The predicted molar refractivity (Wildman–Crippen MR) is 126 cm³/mol. The molecule has 0 saturated carbocycles. The topological polar surface area (TPSA) is 99.6 Å². The maximum absolute atomic E-state index is 13.2. The number of para-hydroxylation sites is 2. The average Bonchev–Trinajstić information content (AvgIpc) is 3.17. The van der Waals surface area contributed by atoms with Gasteiger partial charge in [0.1, 0.15) is 11.4 Å². The lowest BCUT2D eigenvalue weighted by Gasteiger charge is -2.31. The van der Waals surface area contributed by atoms with E-state index in [9.17, 15) is 14.4 Å². The summed E-state index contributed by atoms with van der Waals surface area (Å²) in [6.07, 6.45) is 1.25. The molecule has 1 amide bonds. The molecule has 1 saturated heterocycles. The lowest BCUT2D eigenvalue weighted by atomic mass is 9.95. The first-order valence-corrected chi connectivity index (χ1v) is 11.1. The van der Waals surface area contributed by atoms with Crippen LogP contribution in [0.2, 0.25) is 0 Å². The molecule has 2 aromatic heterocycles. The van der Waals surface area contributed by atoms with Crippen molar-refractivity contribution in [2.45, 2.75) is 18.8 Å². The number of amides is 1. The second-order valence-electron chi connectivity index (χ2n) is 8.33. The van der Waals surface area contributed by atoms with Crippen LogP contribution in [0.15, 0.2) is 68.6 Å². The zero-order chi connectivity index (χ0) is 23.8. The van der Waals surface area contributed by atoms with Crippen LogP contribution in [0.4, 0.5) is 0 Å². The molecule has 0 spiro atoms. The number of ether oxygens (including phenoxy) is 1. The van der Waals surface area contributed by atoms with Gasteiger partial charge in [-0.25, -0.2) is 18.8 Å². The van der Waals surface area contributed by atoms with E-state index in [1.165, 1.54) is 11.8 Å². The third-order valence-corrected chi connectivity index (χ3v) is 6.29. The standard InChI is InChI=1S/C25H24N4O5/c1-27-25(32)29(18-8-4-3-5-9-18)22(26-27)16-11-13-28(14-12-16)23(30)19-15-17-7-6-10-20(33-2)21(17)34-24(19)31/h3-10,15-16H,11-14H2,1-2H3. The molecule has 0 atom stereocenters. The molecular formula is C25H24N4O5. The number of fused-ring (bicyclic) bond motifs is 1. The van der Waals surface area contributed by atoms with Crippen molar-refractivity contribution >= 4 is 16.9 Å². The number of benzene rings is 2. The molecule has 1 aliphatic rings. The number of piperidine rings is 1. The first-order valence-electron chi connectivity index (χ1n) is 11.1. The maximum atomic E-state index is 13.2. The van der Waals surface area contributed by atoms with Gasteiger partial charge in [-0.3, -0.25) is 4.79 Å². The van der Waals surface area contributed by atoms with E-state index in [1.807, 2.05) is 30.3 Å². The minimum atomic E-state index is -0.688. The minimum Gasteiger partial charge on any atom is -0.493 e. The van der Waals surface area contributed by atoms with Gasteiger partial charge in [-0.1, -0.05) is 30.3 Å². The molecule has 5 rings (SSSR count). The molecule has 3 heterocycles. The third-order valence-electron chi connectivity index (χ3n) is 6.29. The Labute approximate surface area is 194 Å². The van der Waals surface area contributed by atoms with Gasteiger partial charge >= 0.3 is 11.3 Å². The highest BCUT2D eigenvalue weighted by molar-refractivity contribution is 5.97. The predicted octanol–water partition coefficient (Wildman–Crippen LogP) is 2.71. The molecule has 1 aliphatic heterocycles. The van der Waals surface area contributed by atoms with Crippen molar-refractivity contribution in [1.29, 1.82) is 0 Å². The van der Waals surface area contributed by atoms with Crippen LogP contribution in [-0.2, 0) is 7.05 Å². The van der Waals surface area contributed by atoms with E-state index in [-0.39, 0.29) is 23.1 Å². The van der Waals surface area contributed by atoms with Crippen molar-refractivity contribution < 1.29 is 13.9 Å². The number of carbonyl (C=O) groups excluding carboxylic acids is 1. The summed E-state index contributed by atoms with van der Waals surface area (Å²) in [6.45, 7) is 0.886. The van der Waals surface area contributed by atoms with Gasteiger partial charge in [0, 0.05) is 31.4 Å². The molecule has 4 aromatic rings. The monoisotopic (exact) mass is 460 g/mol. The van der Waals surface area contributed by atoms with E-state index in [4.69, 9.17) is 9.15 Å². The van der Waals surface area contributed by atoms with Gasteiger partial charge in [0.15, 0.2) is 11.3 Å². The van der Waals surface area contributed by atoms with Crippen LogP contribution in [0.5, 0.6) is 5.75 Å². The van der Waals surface area contributed by atoms with Crippen molar-refractivity contribution in [3.8, 4) is 11.4 Å². The number of aromatic nitrogens is 3. The Morgan fingerprint density at radius 3 is 2.50 bits per heavy atom. The Morgan fingerprint density at radius 1 is 1.06 bits per heavy atom. The minimum absolute atomic E-state index is 0.00164. The van der Waals surface area contributed by atoms with E-state index in [2.05, 4.69) is 5.10 Å². The third kappa shape index (κ3) is 3.68. The van der Waals surface area contributed by atoms with Crippen LogP contribution in [0, 0.1) is 0 Å². The van der Waals surface area contributed by atoms with Crippen molar-refractivity contribution in [2.75, 3.05) is 20.2 Å². The van der Waals surface area contributed by atoms with Gasteiger partial charge in [-0.15, -0.1) is 0 Å². The Kier molecular flexibility index (Phi) is 5.53. The van der Waals surface area contributed by atoms with E-state index in [1.54, 1.807) is 40.8 Å². The molecule has 9 heteroatoms. The summed E-state index contributed by atoms with van der Waals surface area (Å²) in [5.74, 6) is 0.770. The first-order chi connectivity index (χ1) is 16.5. The second kappa shape index (κ2) is 8.66. The number of carbonyl (C=O) groups is 1. The lowest BCUT2D eigenvalue weighted by Crippen LogP contribution is -2.40. The molecule has 9 nitrogen and oxygen atoms in total. The molecule has 0 N–H and O–H groups in total. The normalized spacial score (nSPS) is 14.5. The van der Waals surface area contributed by atoms with Gasteiger partial charge in [0.2, 0.25) is 0 Å². The van der Waals surface area contributed by atoms with E-state index in [0.717, 1.165) is 5.69 Å². The first kappa shape index (κ1) is 21.7. The number of hydrogen-bond acceptors (Lipinski definition) is 6. The van der Waals surface area contributed by atoms with Crippen molar-refractivity contribution in [2.24, 2.45) is 7.05 Å². The molecule has 0 unspecified atom stereocenters.